The highest BCUT2D eigenvalue weighted by Gasteiger charge is 2.48. The summed E-state index contributed by atoms with van der Waals surface area (Å²) < 4.78 is 0. The van der Waals surface area contributed by atoms with Gasteiger partial charge in [-0.25, -0.2) is 0 Å². The Morgan fingerprint density at radius 2 is 1.93 bits per heavy atom. The largest absolute Gasteiger partial charge is 0.353 e. The molecule has 2 fully saturated rings. The third-order valence-electron chi connectivity index (χ3n) is 4.08. The maximum absolute atomic E-state index is 11.9. The van der Waals surface area contributed by atoms with E-state index in [4.69, 9.17) is 0 Å². The highest BCUT2D eigenvalue weighted by Crippen LogP contribution is 2.54. The van der Waals surface area contributed by atoms with Crippen LogP contribution in [0.25, 0.3) is 0 Å². The second-order valence-electron chi connectivity index (χ2n) is 5.35. The van der Waals surface area contributed by atoms with E-state index < -0.39 is 0 Å². The summed E-state index contributed by atoms with van der Waals surface area (Å²) in [6.07, 6.45) is 3.68. The molecule has 15 heavy (non-hydrogen) atoms. The minimum atomic E-state index is 0.286. The first kappa shape index (κ1) is 11.4. The minimum absolute atomic E-state index is 0.286. The molecule has 0 heterocycles. The van der Waals surface area contributed by atoms with E-state index in [0.717, 1.165) is 30.0 Å². The molecule has 2 aliphatic rings. The zero-order valence-corrected chi connectivity index (χ0v) is 11.1. The highest BCUT2D eigenvalue weighted by molar-refractivity contribution is 9.09. The Bertz CT molecular complexity index is 246. The number of fused-ring (bicyclic) bond motifs is 1. The van der Waals surface area contributed by atoms with Gasteiger partial charge in [0, 0.05) is 17.3 Å². The highest BCUT2D eigenvalue weighted by atomic mass is 79.9. The molecule has 1 N–H and O–H groups in total. The zero-order valence-electron chi connectivity index (χ0n) is 9.50. The maximum Gasteiger partial charge on any atom is 0.223 e. The fourth-order valence-corrected chi connectivity index (χ4v) is 3.11. The summed E-state index contributed by atoms with van der Waals surface area (Å²) >= 11 is 3.45. The maximum atomic E-state index is 11.9. The van der Waals surface area contributed by atoms with Gasteiger partial charge >= 0.3 is 0 Å². The number of hydrogen-bond donors (Lipinski definition) is 1. The predicted octanol–water partition coefficient (Wildman–Crippen LogP) is 2.57. The number of rotatable bonds is 4. The van der Waals surface area contributed by atoms with Crippen LogP contribution in [0.1, 0.15) is 33.1 Å². The number of hydrogen-bond acceptors (Lipinski definition) is 1. The van der Waals surface area contributed by atoms with Crippen LogP contribution in [0.2, 0.25) is 0 Å². The van der Waals surface area contributed by atoms with Crippen LogP contribution in [0, 0.1) is 23.7 Å². The number of carbonyl (C=O) groups excluding carboxylic acids is 1. The van der Waals surface area contributed by atoms with Crippen molar-refractivity contribution >= 4 is 21.8 Å². The lowest BCUT2D eigenvalue weighted by atomic mass is 10.0. The van der Waals surface area contributed by atoms with Crippen molar-refractivity contribution in [1.82, 2.24) is 5.32 Å². The summed E-state index contributed by atoms with van der Waals surface area (Å²) in [5.74, 6) is 2.90. The van der Waals surface area contributed by atoms with Gasteiger partial charge in [-0.15, -0.1) is 0 Å². The van der Waals surface area contributed by atoms with Gasteiger partial charge in [-0.3, -0.25) is 4.79 Å². The quantitative estimate of drug-likeness (QED) is 0.784. The molecule has 86 valence electrons. The summed E-state index contributed by atoms with van der Waals surface area (Å²) in [5.41, 5.74) is 0. The predicted molar refractivity (Wildman–Crippen MR) is 64.9 cm³/mol. The molecule has 0 aromatic rings. The summed E-state index contributed by atoms with van der Waals surface area (Å²) in [4.78, 5) is 11.9. The van der Waals surface area contributed by atoms with E-state index in [9.17, 15) is 4.79 Å². The Balaban J connectivity index is 1.76. The van der Waals surface area contributed by atoms with Gasteiger partial charge in [0.25, 0.3) is 0 Å². The van der Waals surface area contributed by atoms with Crippen molar-refractivity contribution in [2.24, 2.45) is 23.7 Å². The molecule has 2 rings (SSSR count). The van der Waals surface area contributed by atoms with Crippen molar-refractivity contribution in [3.8, 4) is 0 Å². The molecule has 2 saturated carbocycles. The molecular weight excluding hydrogens is 254 g/mol. The van der Waals surface area contributed by atoms with Crippen LogP contribution in [0.15, 0.2) is 0 Å². The van der Waals surface area contributed by atoms with Gasteiger partial charge in [0.15, 0.2) is 0 Å². The van der Waals surface area contributed by atoms with Crippen LogP contribution in [0.5, 0.6) is 0 Å². The van der Waals surface area contributed by atoms with Gasteiger partial charge in [-0.05, 0) is 43.9 Å². The number of amides is 1. The fraction of sp³-hybridized carbons (Fsp3) is 0.917. The fourth-order valence-electron chi connectivity index (χ4n) is 2.55. The molecule has 2 aliphatic carbocycles. The van der Waals surface area contributed by atoms with Crippen molar-refractivity contribution in [3.05, 3.63) is 0 Å². The van der Waals surface area contributed by atoms with Crippen molar-refractivity contribution in [3.63, 3.8) is 0 Å². The molecule has 1 amide bonds. The van der Waals surface area contributed by atoms with Crippen LogP contribution in [0.4, 0.5) is 0 Å². The van der Waals surface area contributed by atoms with Crippen LogP contribution >= 0.6 is 15.9 Å². The lowest BCUT2D eigenvalue weighted by Crippen LogP contribution is -2.40. The Kier molecular flexibility index (Phi) is 3.39. The van der Waals surface area contributed by atoms with Gasteiger partial charge < -0.3 is 5.32 Å². The van der Waals surface area contributed by atoms with E-state index in [-0.39, 0.29) is 6.04 Å². The summed E-state index contributed by atoms with van der Waals surface area (Å²) in [6, 6.07) is 0.286. The van der Waals surface area contributed by atoms with Crippen molar-refractivity contribution in [2.75, 3.05) is 5.33 Å². The first-order chi connectivity index (χ1) is 7.11. The van der Waals surface area contributed by atoms with Gasteiger partial charge in [0.05, 0.1) is 0 Å². The van der Waals surface area contributed by atoms with Gasteiger partial charge in [-0.1, -0.05) is 22.9 Å². The lowest BCUT2D eigenvalue weighted by Gasteiger charge is -2.21. The molecule has 0 aromatic heterocycles. The molecule has 0 aliphatic heterocycles. The molecule has 0 aromatic carbocycles. The van der Waals surface area contributed by atoms with Crippen LogP contribution in [-0.2, 0) is 4.79 Å². The molecule has 0 spiro atoms. The molecule has 4 unspecified atom stereocenters. The Hall–Kier alpha value is -0.0500. The summed E-state index contributed by atoms with van der Waals surface area (Å²) in [7, 11) is 0. The third-order valence-corrected chi connectivity index (χ3v) is 5.10. The Labute approximate surface area is 100 Å². The van der Waals surface area contributed by atoms with Crippen molar-refractivity contribution < 1.29 is 4.79 Å². The van der Waals surface area contributed by atoms with Crippen molar-refractivity contribution in [2.45, 2.75) is 39.2 Å². The van der Waals surface area contributed by atoms with E-state index in [1.54, 1.807) is 0 Å². The molecule has 2 nitrogen and oxygen atoms in total. The standard InChI is InChI=1S/C12H20BrNO/c1-7(6-13)8(2)14-12(15)11-4-9-3-10(9)5-11/h7-11H,3-6H2,1-2H3,(H,14,15). The van der Waals surface area contributed by atoms with Gasteiger partial charge in [0.2, 0.25) is 5.91 Å². The lowest BCUT2D eigenvalue weighted by molar-refractivity contribution is -0.126. The average Bonchev–Trinajstić information content (AvgIpc) is 2.84. The zero-order chi connectivity index (χ0) is 11.0. The van der Waals surface area contributed by atoms with Gasteiger partial charge in [-0.2, -0.15) is 0 Å². The number of halogens is 1. The van der Waals surface area contributed by atoms with Gasteiger partial charge in [0.1, 0.15) is 0 Å². The molecular formula is C12H20BrNO. The molecule has 3 heteroatoms. The van der Waals surface area contributed by atoms with Crippen molar-refractivity contribution in [1.29, 1.82) is 0 Å². The van der Waals surface area contributed by atoms with E-state index >= 15 is 0 Å². The number of carbonyl (C=O) groups is 1. The van der Waals surface area contributed by atoms with Crippen LogP contribution < -0.4 is 5.32 Å². The smallest absolute Gasteiger partial charge is 0.223 e. The topological polar surface area (TPSA) is 29.1 Å². The summed E-state index contributed by atoms with van der Waals surface area (Å²) in [5, 5.41) is 4.09. The van der Waals surface area contributed by atoms with E-state index in [2.05, 4.69) is 35.1 Å². The number of alkyl halides is 1. The number of nitrogens with one attached hydrogen (secondary N) is 1. The monoisotopic (exact) mass is 273 g/mol. The molecule has 4 atom stereocenters. The average molecular weight is 274 g/mol. The second kappa shape index (κ2) is 4.44. The SMILES string of the molecule is CC(CBr)C(C)NC(=O)C1CC2CC2C1. The third kappa shape index (κ3) is 2.55. The second-order valence-corrected chi connectivity index (χ2v) is 6.00. The summed E-state index contributed by atoms with van der Waals surface area (Å²) in [6.45, 7) is 4.26. The minimum Gasteiger partial charge on any atom is -0.353 e. The molecule has 0 saturated heterocycles. The van der Waals surface area contributed by atoms with Crippen LogP contribution in [-0.4, -0.2) is 17.3 Å². The van der Waals surface area contributed by atoms with E-state index in [1.807, 2.05) is 0 Å². The van der Waals surface area contributed by atoms with Crippen LogP contribution in [0.3, 0.4) is 0 Å². The Morgan fingerprint density at radius 1 is 1.33 bits per heavy atom. The molecule has 0 radical (unpaired) electrons. The van der Waals surface area contributed by atoms with E-state index in [1.165, 1.54) is 6.42 Å². The first-order valence-corrected chi connectivity index (χ1v) is 7.10. The molecule has 0 bridgehead atoms. The normalized spacial score (nSPS) is 36.9. The first-order valence-electron chi connectivity index (χ1n) is 5.98. The Morgan fingerprint density at radius 3 is 2.47 bits per heavy atom. The van der Waals surface area contributed by atoms with E-state index in [0.29, 0.717) is 17.7 Å².